The number of carbonyl (C=O) groups is 2. The molecular weight excluding hydrogens is 537 g/mol. The highest BCUT2D eigenvalue weighted by Crippen LogP contribution is 2.40. The van der Waals surface area contributed by atoms with Gasteiger partial charge in [0.15, 0.2) is 6.73 Å². The van der Waals surface area contributed by atoms with E-state index in [1.54, 1.807) is 35.2 Å². The number of anilines is 1. The maximum Gasteiger partial charge on any atom is 0.340 e. The molecule has 0 radical (unpaired) electrons. The Bertz CT molecular complexity index is 1650. The van der Waals surface area contributed by atoms with Crippen LogP contribution in [-0.4, -0.2) is 61.5 Å². The number of methoxy groups -OCH3 is 1. The standard InChI is InChI=1S/C30H27ClFN3O5/c1-33-7-6-18-12-22(24(31)15-26(18)33)29(36)35-16-19-4-3-5-20(28(19)40-17-35)21-14-27(34-8-10-39-11-9-34)23(13-25(21)32)30(37)38-2/h3-7,12-15H,8-11,16-17H2,1-2H3. The Morgan fingerprint density at radius 2 is 1.82 bits per heavy atom. The number of aromatic nitrogens is 1. The number of halogens is 2. The van der Waals surface area contributed by atoms with Crippen LogP contribution in [0.2, 0.25) is 5.02 Å². The molecule has 4 aromatic rings. The zero-order chi connectivity index (χ0) is 28.0. The predicted molar refractivity (Wildman–Crippen MR) is 150 cm³/mol. The lowest BCUT2D eigenvalue weighted by atomic mass is 9.97. The summed E-state index contributed by atoms with van der Waals surface area (Å²) in [7, 11) is 3.19. The average Bonchev–Trinajstić information content (AvgIpc) is 3.34. The van der Waals surface area contributed by atoms with Crippen LogP contribution in [0.15, 0.2) is 54.7 Å². The van der Waals surface area contributed by atoms with E-state index in [9.17, 15) is 9.59 Å². The van der Waals surface area contributed by atoms with Gasteiger partial charge in [0.25, 0.3) is 5.91 Å². The number of para-hydroxylation sites is 1. The van der Waals surface area contributed by atoms with Crippen molar-refractivity contribution >= 4 is 40.1 Å². The van der Waals surface area contributed by atoms with E-state index in [0.717, 1.165) is 16.5 Å². The summed E-state index contributed by atoms with van der Waals surface area (Å²) < 4.78 is 34.0. The Balaban J connectivity index is 1.34. The third kappa shape index (κ3) is 4.55. The number of morpholine rings is 1. The average molecular weight is 564 g/mol. The second kappa shape index (κ2) is 10.5. The topological polar surface area (TPSA) is 73.2 Å². The molecule has 1 amide bonds. The van der Waals surface area contributed by atoms with Crippen molar-refractivity contribution in [2.24, 2.45) is 7.05 Å². The van der Waals surface area contributed by atoms with Crippen LogP contribution in [0.3, 0.4) is 0 Å². The van der Waals surface area contributed by atoms with Crippen LogP contribution in [-0.2, 0) is 23.1 Å². The molecular formula is C30H27ClFN3O5. The van der Waals surface area contributed by atoms with Crippen molar-refractivity contribution in [1.29, 1.82) is 0 Å². The molecule has 0 bridgehead atoms. The molecule has 206 valence electrons. The molecule has 8 nitrogen and oxygen atoms in total. The van der Waals surface area contributed by atoms with Gasteiger partial charge in [-0.25, -0.2) is 9.18 Å². The number of nitrogens with zero attached hydrogens (tertiary/aromatic N) is 3. The molecule has 40 heavy (non-hydrogen) atoms. The van der Waals surface area contributed by atoms with Gasteiger partial charge in [-0.1, -0.05) is 29.8 Å². The minimum Gasteiger partial charge on any atom is -0.472 e. The third-order valence-corrected chi connectivity index (χ3v) is 7.76. The summed E-state index contributed by atoms with van der Waals surface area (Å²) in [5, 5.41) is 1.28. The van der Waals surface area contributed by atoms with Crippen molar-refractivity contribution in [3.63, 3.8) is 0 Å². The highest BCUT2D eigenvalue weighted by molar-refractivity contribution is 6.34. The fraction of sp³-hybridized carbons (Fsp3) is 0.267. The SMILES string of the molecule is COC(=O)c1cc(F)c(-c2cccc3c2OCN(C(=O)c2cc4ccn(C)c4cc2Cl)C3)cc1N1CCOCC1. The number of aryl methyl sites for hydroxylation is 1. The molecule has 3 aromatic carbocycles. The Morgan fingerprint density at radius 1 is 1.02 bits per heavy atom. The van der Waals surface area contributed by atoms with E-state index in [2.05, 4.69) is 0 Å². The number of hydrogen-bond donors (Lipinski definition) is 0. The van der Waals surface area contributed by atoms with Crippen molar-refractivity contribution < 1.29 is 28.2 Å². The van der Waals surface area contributed by atoms with E-state index in [1.807, 2.05) is 34.8 Å². The second-order valence-electron chi connectivity index (χ2n) is 9.83. The first-order valence-electron chi connectivity index (χ1n) is 12.9. The summed E-state index contributed by atoms with van der Waals surface area (Å²) in [5.74, 6) is -0.945. The van der Waals surface area contributed by atoms with Gasteiger partial charge in [-0.05, 0) is 30.3 Å². The van der Waals surface area contributed by atoms with Gasteiger partial charge >= 0.3 is 5.97 Å². The van der Waals surface area contributed by atoms with Crippen LogP contribution in [0.1, 0.15) is 26.3 Å². The molecule has 2 aliphatic rings. The van der Waals surface area contributed by atoms with Gasteiger partial charge in [0.1, 0.15) is 11.6 Å². The molecule has 1 saturated heterocycles. The lowest BCUT2D eigenvalue weighted by Gasteiger charge is -2.32. The molecule has 0 N–H and O–H groups in total. The zero-order valence-electron chi connectivity index (χ0n) is 22.1. The summed E-state index contributed by atoms with van der Waals surface area (Å²) in [6.07, 6.45) is 1.92. The van der Waals surface area contributed by atoms with E-state index in [4.69, 9.17) is 25.8 Å². The van der Waals surface area contributed by atoms with Crippen molar-refractivity contribution in [2.75, 3.05) is 45.0 Å². The summed E-state index contributed by atoms with van der Waals surface area (Å²) in [5.41, 5.74) is 3.62. The van der Waals surface area contributed by atoms with Gasteiger partial charge in [-0.2, -0.15) is 0 Å². The Kier molecular flexibility index (Phi) is 6.85. The number of rotatable bonds is 4. The quantitative estimate of drug-likeness (QED) is 0.316. The monoisotopic (exact) mass is 563 g/mol. The number of hydrogen-bond acceptors (Lipinski definition) is 6. The first-order valence-corrected chi connectivity index (χ1v) is 13.3. The lowest BCUT2D eigenvalue weighted by molar-refractivity contribution is 0.0515. The zero-order valence-corrected chi connectivity index (χ0v) is 22.8. The molecule has 0 aliphatic carbocycles. The van der Waals surface area contributed by atoms with Crippen LogP contribution >= 0.6 is 11.6 Å². The summed E-state index contributed by atoms with van der Waals surface area (Å²) >= 11 is 6.51. The molecule has 0 atom stereocenters. The second-order valence-corrected chi connectivity index (χ2v) is 10.2. The molecule has 1 aromatic heterocycles. The smallest absolute Gasteiger partial charge is 0.340 e. The number of ether oxygens (including phenoxy) is 3. The van der Waals surface area contributed by atoms with Crippen LogP contribution in [0.4, 0.5) is 10.1 Å². The molecule has 1 fully saturated rings. The van der Waals surface area contributed by atoms with Crippen LogP contribution in [0.5, 0.6) is 5.75 Å². The minimum atomic E-state index is -0.611. The van der Waals surface area contributed by atoms with E-state index >= 15 is 4.39 Å². The van der Waals surface area contributed by atoms with Crippen LogP contribution in [0.25, 0.3) is 22.0 Å². The first-order chi connectivity index (χ1) is 19.4. The molecule has 0 spiro atoms. The maximum atomic E-state index is 15.6. The fourth-order valence-electron chi connectivity index (χ4n) is 5.35. The van der Waals surface area contributed by atoms with Crippen LogP contribution in [0, 0.1) is 5.82 Å². The van der Waals surface area contributed by atoms with Gasteiger partial charge < -0.3 is 28.6 Å². The maximum absolute atomic E-state index is 15.6. The Labute approximate surface area is 235 Å². The molecule has 0 saturated carbocycles. The largest absolute Gasteiger partial charge is 0.472 e. The summed E-state index contributed by atoms with van der Waals surface area (Å²) in [4.78, 5) is 29.5. The van der Waals surface area contributed by atoms with Gasteiger partial charge in [0, 0.05) is 53.9 Å². The Hall–Kier alpha value is -4.08. The highest BCUT2D eigenvalue weighted by Gasteiger charge is 2.29. The first kappa shape index (κ1) is 26.2. The van der Waals surface area contributed by atoms with Crippen molar-refractivity contribution in [1.82, 2.24) is 9.47 Å². The number of amides is 1. The Morgan fingerprint density at radius 3 is 2.60 bits per heavy atom. The van der Waals surface area contributed by atoms with Crippen molar-refractivity contribution in [3.05, 3.63) is 82.3 Å². The van der Waals surface area contributed by atoms with Crippen LogP contribution < -0.4 is 9.64 Å². The number of carbonyl (C=O) groups excluding carboxylic acids is 2. The van der Waals surface area contributed by atoms with E-state index in [-0.39, 0.29) is 24.7 Å². The fourth-order valence-corrected chi connectivity index (χ4v) is 5.59. The van der Waals surface area contributed by atoms with E-state index in [0.29, 0.717) is 59.5 Å². The predicted octanol–water partition coefficient (Wildman–Crippen LogP) is 5.25. The normalized spacial score (nSPS) is 15.1. The van der Waals surface area contributed by atoms with Gasteiger partial charge in [-0.15, -0.1) is 0 Å². The minimum absolute atomic E-state index is 0.0236. The van der Waals surface area contributed by atoms with Crippen molar-refractivity contribution in [2.45, 2.75) is 6.54 Å². The van der Waals surface area contributed by atoms with Gasteiger partial charge in [0.2, 0.25) is 0 Å². The van der Waals surface area contributed by atoms with E-state index in [1.165, 1.54) is 13.2 Å². The van der Waals surface area contributed by atoms with Gasteiger partial charge in [-0.3, -0.25) is 4.79 Å². The summed E-state index contributed by atoms with van der Waals surface area (Å²) in [6.45, 7) is 2.37. The summed E-state index contributed by atoms with van der Waals surface area (Å²) in [6, 6.07) is 13.8. The number of fused-ring (bicyclic) bond motifs is 2. The molecule has 0 unspecified atom stereocenters. The lowest BCUT2D eigenvalue weighted by Crippen LogP contribution is -2.37. The molecule has 3 heterocycles. The van der Waals surface area contributed by atoms with Crippen molar-refractivity contribution in [3.8, 4) is 16.9 Å². The third-order valence-electron chi connectivity index (χ3n) is 7.45. The molecule has 2 aliphatic heterocycles. The molecule has 10 heteroatoms. The highest BCUT2D eigenvalue weighted by atomic mass is 35.5. The number of benzene rings is 3. The van der Waals surface area contributed by atoms with Gasteiger partial charge in [0.05, 0.1) is 48.7 Å². The van der Waals surface area contributed by atoms with E-state index < -0.39 is 11.8 Å². The molecule has 6 rings (SSSR count). The number of esters is 1.